The highest BCUT2D eigenvalue weighted by Crippen LogP contribution is 2.53. The Morgan fingerprint density at radius 3 is 2.29 bits per heavy atom. The maximum Gasteiger partial charge on any atom is 0.247 e. The zero-order valence-electron chi connectivity index (χ0n) is 17.8. The van der Waals surface area contributed by atoms with Crippen molar-refractivity contribution in [3.63, 3.8) is 0 Å². The fourth-order valence-electron chi connectivity index (χ4n) is 5.57. The van der Waals surface area contributed by atoms with Gasteiger partial charge in [-0.05, 0) is 56.7 Å². The number of hydrogen-bond acceptors (Lipinski definition) is 4. The van der Waals surface area contributed by atoms with Gasteiger partial charge in [0.1, 0.15) is 6.23 Å². The predicted octanol–water partition coefficient (Wildman–Crippen LogP) is 4.28. The van der Waals surface area contributed by atoms with Gasteiger partial charge in [0.15, 0.2) is 14.6 Å². The predicted molar refractivity (Wildman–Crippen MR) is 118 cm³/mol. The molecule has 0 bridgehead atoms. The molecule has 0 radical (unpaired) electrons. The number of amides is 1. The molecule has 3 aliphatic rings. The van der Waals surface area contributed by atoms with Crippen LogP contribution in [0.3, 0.4) is 0 Å². The molecule has 4 atom stereocenters. The number of hydrogen-bond donors (Lipinski definition) is 0. The summed E-state index contributed by atoms with van der Waals surface area (Å²) < 4.78 is 32.8. The zero-order valence-corrected chi connectivity index (χ0v) is 18.6. The average Bonchev–Trinajstić information content (AvgIpc) is 3.20. The number of ether oxygens (including phenoxy) is 1. The van der Waals surface area contributed by atoms with Crippen molar-refractivity contribution in [2.45, 2.75) is 55.0 Å². The van der Waals surface area contributed by atoms with Crippen molar-refractivity contribution < 1.29 is 17.9 Å². The molecular weight excluding hydrogens is 410 g/mol. The number of benzene rings is 2. The molecule has 31 heavy (non-hydrogen) atoms. The zero-order chi connectivity index (χ0) is 21.8. The molecule has 0 spiro atoms. The molecule has 0 N–H and O–H groups in total. The van der Waals surface area contributed by atoms with Crippen LogP contribution in [0.15, 0.2) is 76.7 Å². The first-order valence-electron chi connectivity index (χ1n) is 10.8. The number of piperidine rings is 1. The van der Waals surface area contributed by atoms with Crippen LogP contribution < -0.4 is 0 Å². The molecule has 1 amide bonds. The molecule has 0 saturated carbocycles. The standard InChI is InChI=1S/C25H27NO4S/c1-17-13-20-14-23-26(22(16-30-23)19-9-5-3-6-10-19)24(27)25(20,15-18(17)2)31(28,29)21-11-7-4-8-12-21/h3-12,20,22-23H,13-16H2,1-2H3/t20-,22-,23-,25+/m0/s1. The van der Waals surface area contributed by atoms with Crippen molar-refractivity contribution in [2.75, 3.05) is 6.61 Å². The minimum absolute atomic E-state index is 0.218. The Morgan fingerprint density at radius 2 is 1.61 bits per heavy atom. The Labute approximate surface area is 183 Å². The summed E-state index contributed by atoms with van der Waals surface area (Å²) in [6, 6.07) is 17.9. The highest BCUT2D eigenvalue weighted by atomic mass is 32.2. The lowest BCUT2D eigenvalue weighted by molar-refractivity contribution is -0.150. The highest BCUT2D eigenvalue weighted by Gasteiger charge is 2.65. The fourth-order valence-corrected chi connectivity index (χ4v) is 7.87. The Hall–Kier alpha value is -2.44. The van der Waals surface area contributed by atoms with Crippen molar-refractivity contribution in [1.82, 2.24) is 4.90 Å². The summed E-state index contributed by atoms with van der Waals surface area (Å²) in [5.41, 5.74) is 3.16. The van der Waals surface area contributed by atoms with Crippen LogP contribution in [0.2, 0.25) is 0 Å². The van der Waals surface area contributed by atoms with Crippen molar-refractivity contribution in [1.29, 1.82) is 0 Å². The number of rotatable bonds is 3. The monoisotopic (exact) mass is 437 g/mol. The first-order valence-corrected chi connectivity index (χ1v) is 12.3. The van der Waals surface area contributed by atoms with E-state index in [0.717, 1.165) is 11.1 Å². The molecule has 0 aromatic heterocycles. The van der Waals surface area contributed by atoms with E-state index in [2.05, 4.69) is 0 Å². The van der Waals surface area contributed by atoms with Gasteiger partial charge < -0.3 is 9.64 Å². The van der Waals surface area contributed by atoms with Gasteiger partial charge in [-0.25, -0.2) is 8.42 Å². The Kier molecular flexibility index (Phi) is 4.83. The minimum Gasteiger partial charge on any atom is -0.356 e. The number of carbonyl (C=O) groups is 1. The van der Waals surface area contributed by atoms with E-state index < -0.39 is 14.6 Å². The lowest BCUT2D eigenvalue weighted by Crippen LogP contribution is -2.65. The second-order valence-electron chi connectivity index (χ2n) is 9.01. The quantitative estimate of drug-likeness (QED) is 0.673. The normalized spacial score (nSPS) is 30.8. The summed E-state index contributed by atoms with van der Waals surface area (Å²) >= 11 is 0. The largest absolute Gasteiger partial charge is 0.356 e. The summed E-state index contributed by atoms with van der Waals surface area (Å²) in [4.78, 5) is 16.2. The van der Waals surface area contributed by atoms with Crippen LogP contribution in [0.25, 0.3) is 0 Å². The van der Waals surface area contributed by atoms with Gasteiger partial charge in [0.05, 0.1) is 17.5 Å². The summed E-state index contributed by atoms with van der Waals surface area (Å²) in [5.74, 6) is -0.611. The molecule has 2 heterocycles. The van der Waals surface area contributed by atoms with Gasteiger partial charge in [0, 0.05) is 0 Å². The number of fused-ring (bicyclic) bond motifs is 2. The van der Waals surface area contributed by atoms with Crippen molar-refractivity contribution >= 4 is 15.7 Å². The SMILES string of the molecule is CC1=C(C)C[C@]2(S(=O)(=O)c3ccccc3)C(=O)N3[C@H](C[C@@H]2C1)OC[C@H]3c1ccccc1. The smallest absolute Gasteiger partial charge is 0.247 e. The lowest BCUT2D eigenvalue weighted by Gasteiger charge is -2.50. The van der Waals surface area contributed by atoms with E-state index in [9.17, 15) is 13.2 Å². The first kappa shape index (κ1) is 20.5. The number of carbonyl (C=O) groups excluding carboxylic acids is 1. The highest BCUT2D eigenvalue weighted by molar-refractivity contribution is 7.93. The molecule has 5 nitrogen and oxygen atoms in total. The van der Waals surface area contributed by atoms with Gasteiger partial charge >= 0.3 is 0 Å². The number of nitrogens with zero attached hydrogens (tertiary/aromatic N) is 1. The molecular formula is C25H27NO4S. The van der Waals surface area contributed by atoms with Crippen molar-refractivity contribution in [3.8, 4) is 0 Å². The molecule has 0 unspecified atom stereocenters. The summed E-state index contributed by atoms with van der Waals surface area (Å²) in [6.07, 6.45) is 0.997. The Morgan fingerprint density at radius 1 is 0.968 bits per heavy atom. The van der Waals surface area contributed by atoms with Crippen LogP contribution >= 0.6 is 0 Å². The third-order valence-corrected chi connectivity index (χ3v) is 9.87. The van der Waals surface area contributed by atoms with Crippen molar-refractivity contribution in [2.24, 2.45) is 5.92 Å². The molecule has 2 aromatic carbocycles. The van der Waals surface area contributed by atoms with Gasteiger partial charge in [-0.1, -0.05) is 59.7 Å². The van der Waals surface area contributed by atoms with E-state index in [4.69, 9.17) is 4.74 Å². The molecule has 6 heteroatoms. The van der Waals surface area contributed by atoms with Crippen LogP contribution in [-0.2, 0) is 19.4 Å². The summed E-state index contributed by atoms with van der Waals surface area (Å²) in [7, 11) is -3.91. The van der Waals surface area contributed by atoms with Crippen LogP contribution in [0, 0.1) is 5.92 Å². The molecule has 1 aliphatic carbocycles. The maximum absolute atomic E-state index is 14.3. The van der Waals surface area contributed by atoms with Gasteiger partial charge in [-0.3, -0.25) is 4.79 Å². The van der Waals surface area contributed by atoms with E-state index in [1.165, 1.54) is 5.57 Å². The number of sulfone groups is 1. The maximum atomic E-state index is 14.3. The third kappa shape index (κ3) is 2.92. The van der Waals surface area contributed by atoms with Crippen LogP contribution in [-0.4, -0.2) is 36.8 Å². The molecule has 5 rings (SSSR count). The fraction of sp³-hybridized carbons (Fsp3) is 0.400. The van der Waals surface area contributed by atoms with E-state index in [-0.39, 0.29) is 35.4 Å². The summed E-state index contributed by atoms with van der Waals surface area (Å²) in [6.45, 7) is 4.40. The summed E-state index contributed by atoms with van der Waals surface area (Å²) in [5, 5.41) is 0. The van der Waals surface area contributed by atoms with Gasteiger partial charge in [0.25, 0.3) is 0 Å². The Balaban J connectivity index is 1.67. The van der Waals surface area contributed by atoms with Crippen LogP contribution in [0.5, 0.6) is 0 Å². The lowest BCUT2D eigenvalue weighted by atomic mass is 9.71. The second-order valence-corrected chi connectivity index (χ2v) is 11.2. The topological polar surface area (TPSA) is 63.7 Å². The molecule has 2 saturated heterocycles. The molecule has 2 aliphatic heterocycles. The average molecular weight is 438 g/mol. The molecule has 2 fully saturated rings. The minimum atomic E-state index is -3.91. The van der Waals surface area contributed by atoms with Gasteiger partial charge in [-0.15, -0.1) is 0 Å². The van der Waals surface area contributed by atoms with E-state index in [1.807, 2.05) is 44.2 Å². The van der Waals surface area contributed by atoms with Crippen molar-refractivity contribution in [3.05, 3.63) is 77.4 Å². The Bertz CT molecular complexity index is 1140. The van der Waals surface area contributed by atoms with E-state index in [0.29, 0.717) is 19.4 Å². The number of allylic oxidation sites excluding steroid dienone is 2. The van der Waals surface area contributed by atoms with Crippen LogP contribution in [0.1, 0.15) is 44.7 Å². The van der Waals surface area contributed by atoms with Gasteiger partial charge in [0.2, 0.25) is 5.91 Å². The molecule has 2 aromatic rings. The first-order chi connectivity index (χ1) is 14.9. The van der Waals surface area contributed by atoms with Crippen LogP contribution in [0.4, 0.5) is 0 Å². The molecule has 162 valence electrons. The van der Waals surface area contributed by atoms with Gasteiger partial charge in [-0.2, -0.15) is 0 Å². The second kappa shape index (κ2) is 7.31. The van der Waals surface area contributed by atoms with E-state index in [1.54, 1.807) is 35.2 Å². The third-order valence-electron chi connectivity index (χ3n) is 7.36. The van der Waals surface area contributed by atoms with E-state index >= 15 is 0 Å².